The number of carbonyl (C=O) groups excluding carboxylic acids is 1. The summed E-state index contributed by atoms with van der Waals surface area (Å²) in [5, 5.41) is 11.2. The summed E-state index contributed by atoms with van der Waals surface area (Å²) in [5.41, 5.74) is 2.42. The van der Waals surface area contributed by atoms with Crippen molar-refractivity contribution in [3.8, 4) is 0 Å². The van der Waals surface area contributed by atoms with E-state index < -0.39 is 0 Å². The third-order valence-corrected chi connectivity index (χ3v) is 5.32. The third kappa shape index (κ3) is 3.00. The highest BCUT2D eigenvalue weighted by Gasteiger charge is 2.36. The average Bonchev–Trinajstić information content (AvgIpc) is 2.65. The molecular weight excluding hydrogens is 322 g/mol. The Morgan fingerprint density at radius 3 is 2.48 bits per heavy atom. The van der Waals surface area contributed by atoms with Crippen LogP contribution in [0.1, 0.15) is 18.4 Å². The zero-order chi connectivity index (χ0) is 17.4. The van der Waals surface area contributed by atoms with Gasteiger partial charge in [-0.3, -0.25) is 14.9 Å². The van der Waals surface area contributed by atoms with E-state index in [2.05, 4.69) is 9.80 Å². The van der Waals surface area contributed by atoms with Crippen LogP contribution in [-0.2, 0) is 9.53 Å². The van der Waals surface area contributed by atoms with Crippen molar-refractivity contribution >= 4 is 23.2 Å². The van der Waals surface area contributed by atoms with E-state index in [1.807, 2.05) is 6.08 Å². The number of fused-ring (bicyclic) bond motifs is 3. The zero-order valence-electron chi connectivity index (χ0n) is 14.0. The molecule has 7 heteroatoms. The standard InChI is InChI=1S/C18H21N3O4/c22-18-13-3-5-19(6-4-13)17(18)12-14-11-15(21(23)24)1-2-16(14)20-7-9-25-10-8-20/h1-2,11-13H,3-10H2/b17-12+. The molecule has 4 aliphatic heterocycles. The molecule has 4 aliphatic rings. The molecule has 132 valence electrons. The Labute approximate surface area is 146 Å². The first-order valence-electron chi connectivity index (χ1n) is 8.75. The van der Waals surface area contributed by atoms with E-state index in [-0.39, 0.29) is 22.3 Å². The summed E-state index contributed by atoms with van der Waals surface area (Å²) in [6.07, 6.45) is 3.69. The molecule has 7 nitrogen and oxygen atoms in total. The summed E-state index contributed by atoms with van der Waals surface area (Å²) in [6.45, 7) is 4.55. The van der Waals surface area contributed by atoms with E-state index in [4.69, 9.17) is 4.74 Å². The second-order valence-corrected chi connectivity index (χ2v) is 6.75. The quantitative estimate of drug-likeness (QED) is 0.475. The highest BCUT2D eigenvalue weighted by atomic mass is 16.6. The van der Waals surface area contributed by atoms with Gasteiger partial charge in [-0.25, -0.2) is 0 Å². The van der Waals surface area contributed by atoms with Gasteiger partial charge in [0.2, 0.25) is 0 Å². The number of nitrogens with zero attached hydrogens (tertiary/aromatic N) is 3. The van der Waals surface area contributed by atoms with E-state index in [9.17, 15) is 14.9 Å². The fourth-order valence-electron chi connectivity index (χ4n) is 3.92. The number of piperidine rings is 3. The van der Waals surface area contributed by atoms with Gasteiger partial charge in [0.15, 0.2) is 5.78 Å². The number of Topliss-reactive ketones (excluding diaryl/α,β-unsaturated/α-hetero) is 1. The Morgan fingerprint density at radius 1 is 1.12 bits per heavy atom. The number of allylic oxidation sites excluding steroid dienone is 1. The molecule has 25 heavy (non-hydrogen) atoms. The van der Waals surface area contributed by atoms with Gasteiger partial charge in [0, 0.05) is 55.5 Å². The minimum Gasteiger partial charge on any atom is -0.378 e. The topological polar surface area (TPSA) is 75.9 Å². The lowest BCUT2D eigenvalue weighted by molar-refractivity contribution is -0.384. The maximum Gasteiger partial charge on any atom is 0.270 e. The molecular formula is C18H21N3O4. The second-order valence-electron chi connectivity index (χ2n) is 6.75. The van der Waals surface area contributed by atoms with Gasteiger partial charge in [0.1, 0.15) is 0 Å². The normalized spacial score (nSPS) is 22.7. The Balaban J connectivity index is 1.75. The van der Waals surface area contributed by atoms with Crippen LogP contribution in [0.3, 0.4) is 0 Å². The first kappa shape index (κ1) is 16.1. The van der Waals surface area contributed by atoms with E-state index in [1.165, 1.54) is 6.07 Å². The molecule has 5 rings (SSSR count). The van der Waals surface area contributed by atoms with Gasteiger partial charge in [-0.2, -0.15) is 0 Å². The van der Waals surface area contributed by atoms with Crippen molar-refractivity contribution in [2.45, 2.75) is 12.8 Å². The van der Waals surface area contributed by atoms with Gasteiger partial charge in [0.05, 0.1) is 23.8 Å². The molecule has 0 atom stereocenters. The van der Waals surface area contributed by atoms with Crippen molar-refractivity contribution in [2.75, 3.05) is 44.3 Å². The minimum absolute atomic E-state index is 0.0484. The van der Waals surface area contributed by atoms with Crippen molar-refractivity contribution in [1.82, 2.24) is 4.90 Å². The van der Waals surface area contributed by atoms with Gasteiger partial charge < -0.3 is 14.5 Å². The van der Waals surface area contributed by atoms with Gasteiger partial charge in [-0.15, -0.1) is 0 Å². The molecule has 4 heterocycles. The fraction of sp³-hybridized carbons (Fsp3) is 0.500. The number of morpholine rings is 1. The van der Waals surface area contributed by atoms with Crippen LogP contribution in [0.15, 0.2) is 23.9 Å². The summed E-state index contributed by atoms with van der Waals surface area (Å²) < 4.78 is 5.40. The van der Waals surface area contributed by atoms with E-state index >= 15 is 0 Å². The zero-order valence-corrected chi connectivity index (χ0v) is 14.0. The predicted octanol–water partition coefficient (Wildman–Crippen LogP) is 2.07. The van der Waals surface area contributed by atoms with Crippen LogP contribution < -0.4 is 4.90 Å². The predicted molar refractivity (Wildman–Crippen MR) is 93.4 cm³/mol. The van der Waals surface area contributed by atoms with Crippen molar-refractivity contribution in [1.29, 1.82) is 0 Å². The second kappa shape index (κ2) is 6.48. The minimum atomic E-state index is -0.389. The Hall–Kier alpha value is -2.41. The van der Waals surface area contributed by atoms with E-state index in [1.54, 1.807) is 12.1 Å². The molecule has 0 radical (unpaired) electrons. The Kier molecular flexibility index (Phi) is 4.17. The SMILES string of the molecule is O=C1/C(=C\c2cc([N+](=O)[O-])ccc2N2CCOCC2)N2CCC1CC2. The summed E-state index contributed by atoms with van der Waals surface area (Å²) in [6, 6.07) is 4.90. The van der Waals surface area contributed by atoms with Gasteiger partial charge in [0.25, 0.3) is 5.69 Å². The molecule has 0 aliphatic carbocycles. The number of hydrogen-bond acceptors (Lipinski definition) is 6. The maximum atomic E-state index is 12.6. The molecule has 1 aromatic carbocycles. The molecule has 0 N–H and O–H groups in total. The van der Waals surface area contributed by atoms with Crippen LogP contribution in [0.4, 0.5) is 11.4 Å². The number of non-ortho nitro benzene ring substituents is 1. The number of benzene rings is 1. The highest BCUT2D eigenvalue weighted by Crippen LogP contribution is 2.35. The lowest BCUT2D eigenvalue weighted by Gasteiger charge is -2.41. The number of nitro benzene ring substituents is 1. The number of carbonyl (C=O) groups is 1. The third-order valence-electron chi connectivity index (χ3n) is 5.32. The lowest BCUT2D eigenvalue weighted by Crippen LogP contribution is -2.46. The molecule has 1 aromatic rings. The van der Waals surface area contributed by atoms with Crippen molar-refractivity contribution in [3.05, 3.63) is 39.6 Å². The summed E-state index contributed by atoms with van der Waals surface area (Å²) in [5.74, 6) is 0.290. The molecule has 2 bridgehead atoms. The van der Waals surface area contributed by atoms with Crippen molar-refractivity contribution in [3.63, 3.8) is 0 Å². The molecule has 0 unspecified atom stereocenters. The van der Waals surface area contributed by atoms with Gasteiger partial charge in [-0.1, -0.05) is 0 Å². The van der Waals surface area contributed by atoms with Crippen molar-refractivity contribution < 1.29 is 14.5 Å². The Bertz CT molecular complexity index is 732. The number of ketones is 1. The van der Waals surface area contributed by atoms with E-state index in [0.29, 0.717) is 18.9 Å². The largest absolute Gasteiger partial charge is 0.378 e. The summed E-state index contributed by atoms with van der Waals surface area (Å²) in [7, 11) is 0. The fourth-order valence-corrected chi connectivity index (χ4v) is 3.92. The van der Waals surface area contributed by atoms with Crippen LogP contribution in [0.2, 0.25) is 0 Å². The Morgan fingerprint density at radius 2 is 1.84 bits per heavy atom. The molecule has 4 fully saturated rings. The summed E-state index contributed by atoms with van der Waals surface area (Å²) in [4.78, 5) is 27.7. The molecule has 0 amide bonds. The highest BCUT2D eigenvalue weighted by molar-refractivity contribution is 6.02. The lowest BCUT2D eigenvalue weighted by atomic mass is 9.84. The first-order chi connectivity index (χ1) is 12.1. The average molecular weight is 343 g/mol. The summed E-state index contributed by atoms with van der Waals surface area (Å²) >= 11 is 0. The molecule has 4 saturated heterocycles. The monoisotopic (exact) mass is 343 g/mol. The number of hydrogen-bond donors (Lipinski definition) is 0. The van der Waals surface area contributed by atoms with Crippen molar-refractivity contribution in [2.24, 2.45) is 5.92 Å². The smallest absolute Gasteiger partial charge is 0.270 e. The molecule has 0 spiro atoms. The van der Waals surface area contributed by atoms with Crippen LogP contribution in [0.5, 0.6) is 0 Å². The maximum absolute atomic E-state index is 12.6. The van der Waals surface area contributed by atoms with Crippen LogP contribution in [0.25, 0.3) is 6.08 Å². The number of nitro groups is 1. The van der Waals surface area contributed by atoms with Crippen LogP contribution in [-0.4, -0.2) is 55.0 Å². The van der Waals surface area contributed by atoms with Gasteiger partial charge in [-0.05, 0) is 25.0 Å². The number of rotatable bonds is 3. The van der Waals surface area contributed by atoms with Crippen LogP contribution in [0, 0.1) is 16.0 Å². The molecule has 0 aromatic heterocycles. The first-order valence-corrected chi connectivity index (χ1v) is 8.75. The molecule has 0 saturated carbocycles. The van der Waals surface area contributed by atoms with Gasteiger partial charge >= 0.3 is 0 Å². The number of ether oxygens (including phenoxy) is 1. The van der Waals surface area contributed by atoms with Crippen LogP contribution >= 0.6 is 0 Å². The van der Waals surface area contributed by atoms with E-state index in [0.717, 1.165) is 50.3 Å². The number of anilines is 1.